The predicted molar refractivity (Wildman–Crippen MR) is 67.7 cm³/mol. The second kappa shape index (κ2) is 5.36. The van der Waals surface area contributed by atoms with E-state index in [4.69, 9.17) is 11.6 Å². The number of aliphatic hydroxyl groups is 1. The first-order valence-electron chi connectivity index (χ1n) is 6.21. The number of hydrogen-bond acceptors (Lipinski definition) is 1. The Morgan fingerprint density at radius 3 is 2.71 bits per heavy atom. The summed E-state index contributed by atoms with van der Waals surface area (Å²) in [4.78, 5) is 0. The molecule has 1 aliphatic rings. The lowest BCUT2D eigenvalue weighted by molar-refractivity contribution is 0.145. The molecule has 17 heavy (non-hydrogen) atoms. The third-order valence-electron chi connectivity index (χ3n) is 3.67. The van der Waals surface area contributed by atoms with Gasteiger partial charge in [0.05, 0.1) is 6.10 Å². The highest BCUT2D eigenvalue weighted by Crippen LogP contribution is 2.35. The van der Waals surface area contributed by atoms with Crippen LogP contribution in [0, 0.1) is 18.7 Å². The highest BCUT2D eigenvalue weighted by atomic mass is 35.5. The lowest BCUT2D eigenvalue weighted by Crippen LogP contribution is -2.05. The van der Waals surface area contributed by atoms with Crippen LogP contribution in [-0.2, 0) is 0 Å². The van der Waals surface area contributed by atoms with Crippen molar-refractivity contribution in [2.45, 2.75) is 45.1 Å². The van der Waals surface area contributed by atoms with Crippen LogP contribution in [0.3, 0.4) is 0 Å². The van der Waals surface area contributed by atoms with Crippen LogP contribution < -0.4 is 0 Å². The summed E-state index contributed by atoms with van der Waals surface area (Å²) >= 11 is 5.98. The average molecular weight is 257 g/mol. The van der Waals surface area contributed by atoms with Gasteiger partial charge in [-0.3, -0.25) is 0 Å². The molecule has 0 radical (unpaired) electrons. The first-order chi connectivity index (χ1) is 8.08. The molecular formula is C14H18ClFO. The standard InChI is InChI=1S/C14H18ClFO/c1-9-6-11(12(15)8-13(9)16)14(17)7-10-4-2-3-5-10/h6,8,10,14,17H,2-5,7H2,1H3. The highest BCUT2D eigenvalue weighted by molar-refractivity contribution is 6.31. The first-order valence-corrected chi connectivity index (χ1v) is 6.59. The van der Waals surface area contributed by atoms with Crippen molar-refractivity contribution in [2.24, 2.45) is 5.92 Å². The molecule has 1 aromatic carbocycles. The maximum atomic E-state index is 13.3. The third-order valence-corrected chi connectivity index (χ3v) is 4.00. The Kier molecular flexibility index (Phi) is 4.05. The van der Waals surface area contributed by atoms with Crippen LogP contribution in [-0.4, -0.2) is 5.11 Å². The predicted octanol–water partition coefficient (Wildman–Crippen LogP) is 4.40. The number of aliphatic hydroxyl groups excluding tert-OH is 1. The van der Waals surface area contributed by atoms with Gasteiger partial charge < -0.3 is 5.11 Å². The molecular weight excluding hydrogens is 239 g/mol. The quantitative estimate of drug-likeness (QED) is 0.850. The molecule has 1 saturated carbocycles. The Morgan fingerprint density at radius 1 is 1.41 bits per heavy atom. The molecule has 1 unspecified atom stereocenters. The van der Waals surface area contributed by atoms with E-state index in [1.54, 1.807) is 13.0 Å². The summed E-state index contributed by atoms with van der Waals surface area (Å²) in [6.07, 6.45) is 5.07. The Hall–Kier alpha value is -0.600. The van der Waals surface area contributed by atoms with E-state index >= 15 is 0 Å². The van der Waals surface area contributed by atoms with Gasteiger partial charge in [0.2, 0.25) is 0 Å². The largest absolute Gasteiger partial charge is 0.388 e. The molecule has 1 aromatic rings. The summed E-state index contributed by atoms with van der Waals surface area (Å²) in [7, 11) is 0. The topological polar surface area (TPSA) is 20.2 Å². The van der Waals surface area contributed by atoms with Crippen LogP contribution in [0.25, 0.3) is 0 Å². The van der Waals surface area contributed by atoms with E-state index in [1.165, 1.54) is 31.7 Å². The Morgan fingerprint density at radius 2 is 2.06 bits per heavy atom. The molecule has 0 aliphatic heterocycles. The second-order valence-corrected chi connectivity index (χ2v) is 5.43. The molecule has 1 atom stereocenters. The minimum absolute atomic E-state index is 0.313. The van der Waals surface area contributed by atoms with Gasteiger partial charge in [-0.05, 0) is 42.5 Å². The second-order valence-electron chi connectivity index (χ2n) is 5.02. The van der Waals surface area contributed by atoms with E-state index in [2.05, 4.69) is 0 Å². The number of rotatable bonds is 3. The van der Waals surface area contributed by atoms with Gasteiger partial charge in [0.15, 0.2) is 0 Å². The van der Waals surface area contributed by atoms with E-state index in [1.807, 2.05) is 0 Å². The van der Waals surface area contributed by atoms with Crippen molar-refractivity contribution in [1.82, 2.24) is 0 Å². The molecule has 0 aromatic heterocycles. The molecule has 0 heterocycles. The molecule has 1 nitrogen and oxygen atoms in total. The lowest BCUT2D eigenvalue weighted by atomic mass is 9.95. The fraction of sp³-hybridized carbons (Fsp3) is 0.571. The zero-order valence-corrected chi connectivity index (χ0v) is 10.8. The van der Waals surface area contributed by atoms with Gasteiger partial charge in [0, 0.05) is 5.02 Å². The van der Waals surface area contributed by atoms with Gasteiger partial charge in [-0.1, -0.05) is 37.3 Å². The summed E-state index contributed by atoms with van der Waals surface area (Å²) in [5.74, 6) is 0.276. The zero-order chi connectivity index (χ0) is 12.4. The summed E-state index contributed by atoms with van der Waals surface area (Å²) in [6.45, 7) is 1.69. The number of aryl methyl sites for hydroxylation is 1. The molecule has 0 amide bonds. The van der Waals surface area contributed by atoms with Crippen LogP contribution >= 0.6 is 11.6 Å². The Balaban J connectivity index is 2.12. The molecule has 1 fully saturated rings. The molecule has 2 rings (SSSR count). The van der Waals surface area contributed by atoms with E-state index < -0.39 is 6.10 Å². The van der Waals surface area contributed by atoms with Crippen LogP contribution in [0.15, 0.2) is 12.1 Å². The smallest absolute Gasteiger partial charge is 0.127 e. The van der Waals surface area contributed by atoms with Crippen LogP contribution in [0.4, 0.5) is 4.39 Å². The van der Waals surface area contributed by atoms with Gasteiger partial charge in [0.1, 0.15) is 5.82 Å². The molecule has 1 aliphatic carbocycles. The summed E-state index contributed by atoms with van der Waals surface area (Å²) in [5, 5.41) is 10.5. The normalized spacial score (nSPS) is 18.6. The Labute approximate surface area is 107 Å². The van der Waals surface area contributed by atoms with Crippen LogP contribution in [0.5, 0.6) is 0 Å². The minimum Gasteiger partial charge on any atom is -0.388 e. The van der Waals surface area contributed by atoms with Crippen molar-refractivity contribution >= 4 is 11.6 Å². The van der Waals surface area contributed by atoms with E-state index in [-0.39, 0.29) is 5.82 Å². The number of hydrogen-bond donors (Lipinski definition) is 1. The van der Waals surface area contributed by atoms with E-state index in [9.17, 15) is 9.50 Å². The third kappa shape index (κ3) is 2.99. The summed E-state index contributed by atoms with van der Waals surface area (Å²) < 4.78 is 13.3. The Bertz CT molecular complexity index is 399. The molecule has 0 spiro atoms. The number of benzene rings is 1. The van der Waals surface area contributed by atoms with Crippen molar-refractivity contribution in [1.29, 1.82) is 0 Å². The van der Waals surface area contributed by atoms with E-state index in [0.717, 1.165) is 6.42 Å². The summed E-state index contributed by atoms with van der Waals surface area (Å²) in [5.41, 5.74) is 1.20. The maximum absolute atomic E-state index is 13.3. The van der Waals surface area contributed by atoms with Crippen molar-refractivity contribution in [3.05, 3.63) is 34.1 Å². The van der Waals surface area contributed by atoms with Gasteiger partial charge >= 0.3 is 0 Å². The van der Waals surface area contributed by atoms with Gasteiger partial charge in [0.25, 0.3) is 0 Å². The SMILES string of the molecule is Cc1cc(C(O)CC2CCCC2)c(Cl)cc1F. The maximum Gasteiger partial charge on any atom is 0.127 e. The van der Waals surface area contributed by atoms with Gasteiger partial charge in [-0.2, -0.15) is 0 Å². The molecule has 0 saturated heterocycles. The number of halogens is 2. The van der Waals surface area contributed by atoms with Crippen LogP contribution in [0.1, 0.15) is 49.3 Å². The van der Waals surface area contributed by atoms with Gasteiger partial charge in [-0.25, -0.2) is 4.39 Å². The molecule has 1 N–H and O–H groups in total. The van der Waals surface area contributed by atoms with Gasteiger partial charge in [-0.15, -0.1) is 0 Å². The highest BCUT2D eigenvalue weighted by Gasteiger charge is 2.21. The zero-order valence-electron chi connectivity index (χ0n) is 10.0. The van der Waals surface area contributed by atoms with Crippen molar-refractivity contribution in [3.63, 3.8) is 0 Å². The monoisotopic (exact) mass is 256 g/mol. The molecule has 0 bridgehead atoms. The molecule has 3 heteroatoms. The molecule has 94 valence electrons. The van der Waals surface area contributed by atoms with Crippen molar-refractivity contribution in [3.8, 4) is 0 Å². The lowest BCUT2D eigenvalue weighted by Gasteiger charge is -2.17. The average Bonchev–Trinajstić information content (AvgIpc) is 2.76. The minimum atomic E-state index is -0.565. The van der Waals surface area contributed by atoms with Crippen LogP contribution in [0.2, 0.25) is 5.02 Å². The van der Waals surface area contributed by atoms with Crippen molar-refractivity contribution in [2.75, 3.05) is 0 Å². The summed E-state index contributed by atoms with van der Waals surface area (Å²) in [6, 6.07) is 2.96. The fourth-order valence-electron chi connectivity index (χ4n) is 2.62. The first kappa shape index (κ1) is 12.8. The van der Waals surface area contributed by atoms with Crippen molar-refractivity contribution < 1.29 is 9.50 Å². The fourth-order valence-corrected chi connectivity index (χ4v) is 2.90. The van der Waals surface area contributed by atoms with E-state index in [0.29, 0.717) is 22.1 Å².